The molecule has 0 bridgehead atoms. The van der Waals surface area contributed by atoms with E-state index < -0.39 is 29.1 Å². The zero-order valence-corrected chi connectivity index (χ0v) is 39.0. The number of nitrogens with one attached hydrogen (secondary N) is 3. The molecule has 2 aliphatic rings. The normalized spacial score (nSPS) is 14.5. The van der Waals surface area contributed by atoms with Crippen LogP contribution in [0.25, 0.3) is 21.8 Å². The van der Waals surface area contributed by atoms with Crippen LogP contribution < -0.4 is 35.6 Å². The van der Waals surface area contributed by atoms with Gasteiger partial charge in [0, 0.05) is 66.6 Å². The number of pyridine rings is 1. The Kier molecular flexibility index (Phi) is 14.6. The molecule has 69 heavy (non-hydrogen) atoms. The van der Waals surface area contributed by atoms with Gasteiger partial charge in [-0.1, -0.05) is 45.1 Å². The van der Waals surface area contributed by atoms with E-state index in [1.54, 1.807) is 54.9 Å². The average molecular weight is 940 g/mol. The number of ether oxygens (including phenoxy) is 3. The van der Waals surface area contributed by atoms with Crippen LogP contribution in [0.3, 0.4) is 0 Å². The van der Waals surface area contributed by atoms with Crippen molar-refractivity contribution in [2.75, 3.05) is 24.4 Å². The lowest BCUT2D eigenvalue weighted by atomic mass is 10.0. The first-order chi connectivity index (χ1) is 33.3. The Balaban J connectivity index is 0.764. The molecule has 1 fully saturated rings. The minimum atomic E-state index is -0.762. The van der Waals surface area contributed by atoms with Gasteiger partial charge in [0.15, 0.2) is 23.1 Å². The zero-order valence-electron chi connectivity index (χ0n) is 39.0. The lowest BCUT2D eigenvalue weighted by molar-refractivity contribution is -0.137. The van der Waals surface area contributed by atoms with Crippen LogP contribution in [0.4, 0.5) is 15.8 Å². The van der Waals surface area contributed by atoms with Crippen LogP contribution in [0, 0.1) is 12.7 Å². The smallest absolute Gasteiger partial charge is 0.261 e. The van der Waals surface area contributed by atoms with E-state index in [-0.39, 0.29) is 53.6 Å². The summed E-state index contributed by atoms with van der Waals surface area (Å²) in [7, 11) is 3.31. The number of rotatable bonds is 19. The quantitative estimate of drug-likeness (QED) is 0.0520. The SMILES string of the molecule is CCc1ccc2c(c1)c(=O)c(C(=O)Nc1ccc(Oc3ncnc4cc(OCCCCCCCCCC(=O)Nc5ccc6c(c5)CN(C5CCC(=O)NC5=O)C6=O)c(OC)cc34)c(F)c1)c(C)n2C. The Morgan fingerprint density at radius 1 is 0.841 bits per heavy atom. The van der Waals surface area contributed by atoms with Gasteiger partial charge in [-0.3, -0.25) is 34.1 Å². The van der Waals surface area contributed by atoms with Crippen molar-refractivity contribution in [3.63, 3.8) is 0 Å². The van der Waals surface area contributed by atoms with Gasteiger partial charge in [0.25, 0.3) is 11.8 Å². The number of hydrogen-bond donors (Lipinski definition) is 3. The van der Waals surface area contributed by atoms with Gasteiger partial charge in [-0.25, -0.2) is 14.4 Å². The standard InChI is InChI=1S/C52H54FN7O9/c1-5-31-14-18-40-37(23-31)48(63)47(30(2)59(40)3)50(65)57-34-16-20-42(38(53)25-34)69-51-36-26-43(67-4)44(27-39(36)54-29-55-51)68-22-12-10-8-6-7-9-11-13-45(61)56-33-15-17-35-32(24-33)28-60(52(35)66)41-19-21-46(62)58-49(41)64/h14-18,20,23-27,29,41H,5-13,19,21-22,28H2,1-4H3,(H,56,61)(H,57,65)(H,58,62,64). The largest absolute Gasteiger partial charge is 0.493 e. The van der Waals surface area contributed by atoms with Crippen LogP contribution in [0.15, 0.2) is 77.9 Å². The Hall–Kier alpha value is -7.69. The Bertz CT molecular complexity index is 3060. The highest BCUT2D eigenvalue weighted by atomic mass is 19.1. The number of amides is 5. The highest BCUT2D eigenvalue weighted by Crippen LogP contribution is 2.37. The van der Waals surface area contributed by atoms with Crippen LogP contribution >= 0.6 is 0 Å². The summed E-state index contributed by atoms with van der Waals surface area (Å²) in [5, 5.41) is 8.80. The summed E-state index contributed by atoms with van der Waals surface area (Å²) in [4.78, 5) is 86.6. The zero-order chi connectivity index (χ0) is 48.8. The molecule has 4 aromatic carbocycles. The number of carbonyl (C=O) groups excluding carboxylic acids is 5. The van der Waals surface area contributed by atoms with Crippen LogP contribution in [0.2, 0.25) is 0 Å². The van der Waals surface area contributed by atoms with Gasteiger partial charge in [-0.15, -0.1) is 0 Å². The van der Waals surface area contributed by atoms with E-state index in [2.05, 4.69) is 25.9 Å². The van der Waals surface area contributed by atoms with Crippen LogP contribution in [0.5, 0.6) is 23.1 Å². The molecule has 0 aliphatic carbocycles. The highest BCUT2D eigenvalue weighted by molar-refractivity contribution is 6.07. The summed E-state index contributed by atoms with van der Waals surface area (Å²) in [6, 6.07) is 17.5. The first-order valence-electron chi connectivity index (χ1n) is 23.3. The van der Waals surface area contributed by atoms with E-state index in [1.807, 2.05) is 19.1 Å². The topological polar surface area (TPSA) is 200 Å². The minimum absolute atomic E-state index is 0.0196. The number of benzene rings is 4. The maximum absolute atomic E-state index is 15.5. The predicted octanol–water partition coefficient (Wildman–Crippen LogP) is 8.44. The average Bonchev–Trinajstić information content (AvgIpc) is 3.66. The first kappa shape index (κ1) is 47.8. The van der Waals surface area contributed by atoms with Gasteiger partial charge >= 0.3 is 0 Å². The van der Waals surface area contributed by atoms with Crippen LogP contribution in [-0.2, 0) is 34.4 Å². The van der Waals surface area contributed by atoms with E-state index >= 15 is 4.39 Å². The summed E-state index contributed by atoms with van der Waals surface area (Å²) in [6.45, 7) is 4.39. The van der Waals surface area contributed by atoms with E-state index in [0.717, 1.165) is 68.6 Å². The number of imide groups is 1. The molecule has 0 spiro atoms. The molecule has 0 radical (unpaired) electrons. The van der Waals surface area contributed by atoms with Crippen molar-refractivity contribution >= 4 is 62.7 Å². The fourth-order valence-electron chi connectivity index (χ4n) is 8.87. The molecule has 6 aromatic rings. The number of hydrogen-bond acceptors (Lipinski definition) is 11. The Morgan fingerprint density at radius 2 is 1.59 bits per heavy atom. The third-order valence-corrected chi connectivity index (χ3v) is 12.8. The minimum Gasteiger partial charge on any atom is -0.493 e. The summed E-state index contributed by atoms with van der Waals surface area (Å²) < 4.78 is 35.0. The van der Waals surface area contributed by atoms with Gasteiger partial charge in [-0.2, -0.15) is 0 Å². The van der Waals surface area contributed by atoms with Crippen LogP contribution in [-0.4, -0.2) is 68.7 Å². The molecular weight excluding hydrogens is 886 g/mol. The lowest BCUT2D eigenvalue weighted by Gasteiger charge is -2.29. The van der Waals surface area contributed by atoms with Crippen LogP contribution in [0.1, 0.15) is 109 Å². The molecule has 4 heterocycles. The second-order valence-corrected chi connectivity index (χ2v) is 17.3. The molecule has 17 heteroatoms. The summed E-state index contributed by atoms with van der Waals surface area (Å²) in [5.41, 5.74) is 4.23. The van der Waals surface area contributed by atoms with Gasteiger partial charge in [-0.05, 0) is 92.3 Å². The van der Waals surface area contributed by atoms with Crippen molar-refractivity contribution in [1.82, 2.24) is 24.8 Å². The fraction of sp³-hybridized carbons (Fsp3) is 0.346. The number of aryl methyl sites for hydroxylation is 2. The van der Waals surface area contributed by atoms with Gasteiger partial charge in [0.1, 0.15) is 17.9 Å². The third kappa shape index (κ3) is 10.6. The molecule has 5 amide bonds. The molecule has 2 aromatic heterocycles. The van der Waals surface area contributed by atoms with Gasteiger partial charge < -0.3 is 34.3 Å². The number of anilines is 2. The number of fused-ring (bicyclic) bond motifs is 3. The molecule has 1 unspecified atom stereocenters. The maximum Gasteiger partial charge on any atom is 0.261 e. The highest BCUT2D eigenvalue weighted by Gasteiger charge is 2.39. The number of piperidine rings is 1. The molecule has 8 rings (SSSR count). The number of nitrogens with zero attached hydrogens (tertiary/aromatic N) is 4. The first-order valence-corrected chi connectivity index (χ1v) is 23.3. The predicted molar refractivity (Wildman–Crippen MR) is 257 cm³/mol. The van der Waals surface area contributed by atoms with Gasteiger partial charge in [0.05, 0.1) is 30.1 Å². The summed E-state index contributed by atoms with van der Waals surface area (Å²) in [6.07, 6.45) is 9.35. The fourth-order valence-corrected chi connectivity index (χ4v) is 8.87. The molecule has 2 aliphatic heterocycles. The van der Waals surface area contributed by atoms with Crippen molar-refractivity contribution < 1.29 is 42.6 Å². The summed E-state index contributed by atoms with van der Waals surface area (Å²) in [5.74, 6) is -1.70. The lowest BCUT2D eigenvalue weighted by Crippen LogP contribution is -2.52. The van der Waals surface area contributed by atoms with E-state index in [0.29, 0.717) is 69.7 Å². The molecule has 1 saturated heterocycles. The van der Waals surface area contributed by atoms with Crippen molar-refractivity contribution in [3.8, 4) is 23.1 Å². The molecule has 0 saturated carbocycles. The van der Waals surface area contributed by atoms with E-state index in [4.69, 9.17) is 14.2 Å². The Morgan fingerprint density at radius 3 is 2.35 bits per heavy atom. The van der Waals surface area contributed by atoms with Crippen molar-refractivity contribution in [1.29, 1.82) is 0 Å². The second kappa shape index (κ2) is 21.1. The number of aromatic nitrogens is 3. The second-order valence-electron chi connectivity index (χ2n) is 17.3. The van der Waals surface area contributed by atoms with Crippen molar-refractivity contribution in [2.24, 2.45) is 7.05 Å². The number of methoxy groups -OCH3 is 1. The number of carbonyl (C=O) groups is 5. The molecule has 358 valence electrons. The summed E-state index contributed by atoms with van der Waals surface area (Å²) >= 11 is 0. The number of unbranched alkanes of at least 4 members (excludes halogenated alkanes) is 6. The van der Waals surface area contributed by atoms with Crippen molar-refractivity contribution in [2.45, 2.75) is 97.1 Å². The maximum atomic E-state index is 15.5. The van der Waals surface area contributed by atoms with E-state index in [9.17, 15) is 28.8 Å². The van der Waals surface area contributed by atoms with Crippen molar-refractivity contribution in [3.05, 3.63) is 117 Å². The molecular formula is C52H54FN7O9. The molecule has 16 nitrogen and oxygen atoms in total. The third-order valence-electron chi connectivity index (χ3n) is 12.8. The Labute approximate surface area is 397 Å². The monoisotopic (exact) mass is 939 g/mol. The van der Waals surface area contributed by atoms with E-state index in [1.165, 1.54) is 30.5 Å². The number of halogens is 1. The molecule has 3 N–H and O–H groups in total. The molecule has 1 atom stereocenters. The van der Waals surface area contributed by atoms with Gasteiger partial charge in [0.2, 0.25) is 29.0 Å².